The van der Waals surface area contributed by atoms with Gasteiger partial charge in [0.2, 0.25) is 0 Å². The van der Waals surface area contributed by atoms with Crippen LogP contribution in [-0.2, 0) is 4.89 Å². The second-order valence-corrected chi connectivity index (χ2v) is 1.70. The van der Waals surface area contributed by atoms with E-state index in [1.54, 1.807) is 0 Å². The zero-order valence-corrected chi connectivity index (χ0v) is 4.33. The largest absolute Gasteiger partial charge is 0.441 e. The molecule has 1 heterocycles. The normalized spacial score (nSPS) is 17.4. The second kappa shape index (κ2) is 2.00. The summed E-state index contributed by atoms with van der Waals surface area (Å²) in [6.07, 6.45) is 0.367. The van der Waals surface area contributed by atoms with E-state index in [1.165, 1.54) is 4.90 Å². The zero-order chi connectivity index (χ0) is 5.98. The number of carbonyl (C=O) groups excluding carboxylic acids is 1. The van der Waals surface area contributed by atoms with Crippen LogP contribution in [0.1, 0.15) is 6.42 Å². The van der Waals surface area contributed by atoms with Gasteiger partial charge in [0.05, 0.1) is 0 Å². The van der Waals surface area contributed by atoms with Gasteiger partial charge in [0, 0.05) is 13.1 Å². The summed E-state index contributed by atoms with van der Waals surface area (Å²) in [5.41, 5.74) is 0. The molecule has 0 spiro atoms. The first-order valence-electron chi connectivity index (χ1n) is 2.45. The monoisotopic (exact) mass is 117 g/mol. The van der Waals surface area contributed by atoms with E-state index in [0.29, 0.717) is 13.1 Å². The highest BCUT2D eigenvalue weighted by Gasteiger charge is 2.20. The Morgan fingerprint density at radius 1 is 1.62 bits per heavy atom. The van der Waals surface area contributed by atoms with Gasteiger partial charge < -0.3 is 4.90 Å². The molecule has 1 saturated heterocycles. The number of hydrogen-bond acceptors (Lipinski definition) is 3. The average Bonchev–Trinajstić information content (AvgIpc) is 1.62. The minimum Gasteiger partial charge on any atom is -0.306 e. The van der Waals surface area contributed by atoms with Crippen LogP contribution in [0.25, 0.3) is 0 Å². The molecule has 0 aliphatic carbocycles. The van der Waals surface area contributed by atoms with Gasteiger partial charge in [-0.25, -0.2) is 4.79 Å². The number of rotatable bonds is 0. The topological polar surface area (TPSA) is 49.8 Å². The second-order valence-electron chi connectivity index (χ2n) is 1.70. The van der Waals surface area contributed by atoms with Crippen LogP contribution in [0.5, 0.6) is 0 Å². The van der Waals surface area contributed by atoms with Crippen LogP contribution in [-0.4, -0.2) is 29.3 Å². The van der Waals surface area contributed by atoms with E-state index in [2.05, 4.69) is 4.89 Å². The fraction of sp³-hybridized carbons (Fsp3) is 0.750. The lowest BCUT2D eigenvalue weighted by Gasteiger charge is -2.27. The van der Waals surface area contributed by atoms with Gasteiger partial charge in [-0.1, -0.05) is 0 Å². The van der Waals surface area contributed by atoms with Gasteiger partial charge in [0.15, 0.2) is 0 Å². The van der Waals surface area contributed by atoms with Crippen molar-refractivity contribution in [3.63, 3.8) is 0 Å². The molecule has 46 valence electrons. The van der Waals surface area contributed by atoms with Crippen molar-refractivity contribution in [1.82, 2.24) is 4.90 Å². The van der Waals surface area contributed by atoms with E-state index in [1.807, 2.05) is 0 Å². The highest BCUT2D eigenvalue weighted by molar-refractivity contribution is 5.67. The third-order valence-corrected chi connectivity index (χ3v) is 1.19. The predicted molar refractivity (Wildman–Crippen MR) is 25.3 cm³/mol. The van der Waals surface area contributed by atoms with Gasteiger partial charge in [-0.3, -0.25) is 4.89 Å². The molecule has 1 rings (SSSR count). The minimum atomic E-state index is -0.642. The Kier molecular flexibility index (Phi) is 1.34. The first-order valence-corrected chi connectivity index (χ1v) is 2.45. The lowest BCUT2D eigenvalue weighted by Crippen LogP contribution is -2.41. The molecule has 4 nitrogen and oxygen atoms in total. The van der Waals surface area contributed by atoms with Crippen LogP contribution < -0.4 is 0 Å². The third kappa shape index (κ3) is 0.742. The molecule has 1 aliphatic heterocycles. The number of hydrogen-bond donors (Lipinski definition) is 1. The Labute approximate surface area is 46.6 Å². The van der Waals surface area contributed by atoms with E-state index in [0.717, 1.165) is 6.42 Å². The van der Waals surface area contributed by atoms with Crippen molar-refractivity contribution in [2.24, 2.45) is 0 Å². The zero-order valence-electron chi connectivity index (χ0n) is 4.33. The van der Waals surface area contributed by atoms with E-state index in [4.69, 9.17) is 5.26 Å². The van der Waals surface area contributed by atoms with Gasteiger partial charge in [-0.05, 0) is 6.42 Å². The molecular weight excluding hydrogens is 110 g/mol. The highest BCUT2D eigenvalue weighted by Crippen LogP contribution is 2.05. The number of nitrogens with zero attached hydrogens (tertiary/aromatic N) is 1. The smallest absolute Gasteiger partial charge is 0.306 e. The molecule has 8 heavy (non-hydrogen) atoms. The summed E-state index contributed by atoms with van der Waals surface area (Å²) in [4.78, 5) is 15.1. The van der Waals surface area contributed by atoms with Crippen molar-refractivity contribution in [1.29, 1.82) is 0 Å². The molecule has 0 radical (unpaired) electrons. The first kappa shape index (κ1) is 5.37. The summed E-state index contributed by atoms with van der Waals surface area (Å²) >= 11 is 0. The third-order valence-electron chi connectivity index (χ3n) is 1.19. The van der Waals surface area contributed by atoms with Crippen LogP contribution in [0.15, 0.2) is 0 Å². The number of carbonyl (C=O) groups is 1. The number of amides is 1. The highest BCUT2D eigenvalue weighted by atomic mass is 17.1. The maximum absolute atomic E-state index is 10.2. The van der Waals surface area contributed by atoms with Crippen molar-refractivity contribution in [2.75, 3.05) is 13.1 Å². The first-order chi connectivity index (χ1) is 3.84. The SMILES string of the molecule is O=C(OO)N1CCC1. The molecule has 0 atom stereocenters. The van der Waals surface area contributed by atoms with Gasteiger partial charge in [-0.2, -0.15) is 5.26 Å². The van der Waals surface area contributed by atoms with E-state index < -0.39 is 6.09 Å². The fourth-order valence-corrected chi connectivity index (χ4v) is 0.557. The lowest BCUT2D eigenvalue weighted by molar-refractivity contribution is -0.191. The van der Waals surface area contributed by atoms with Gasteiger partial charge in [-0.15, -0.1) is 0 Å². The molecule has 1 N–H and O–H groups in total. The molecule has 0 aromatic carbocycles. The van der Waals surface area contributed by atoms with Crippen LogP contribution in [0.4, 0.5) is 4.79 Å². The Morgan fingerprint density at radius 3 is 2.38 bits per heavy atom. The molecule has 0 aromatic rings. The Balaban J connectivity index is 2.24. The van der Waals surface area contributed by atoms with Gasteiger partial charge in [0.25, 0.3) is 0 Å². The van der Waals surface area contributed by atoms with Crippen LogP contribution in [0.2, 0.25) is 0 Å². The summed E-state index contributed by atoms with van der Waals surface area (Å²) in [6.45, 7) is 1.42. The molecule has 1 fully saturated rings. The van der Waals surface area contributed by atoms with Crippen molar-refractivity contribution >= 4 is 6.09 Å². The van der Waals surface area contributed by atoms with E-state index in [9.17, 15) is 4.79 Å². The Bertz CT molecular complexity index is 99.5. The molecule has 1 aliphatic rings. The fourth-order valence-electron chi connectivity index (χ4n) is 0.557. The van der Waals surface area contributed by atoms with Gasteiger partial charge >= 0.3 is 6.09 Å². The molecule has 0 unspecified atom stereocenters. The average molecular weight is 117 g/mol. The van der Waals surface area contributed by atoms with Crippen molar-refractivity contribution in [3.8, 4) is 0 Å². The molecule has 0 saturated carbocycles. The van der Waals surface area contributed by atoms with Crippen LogP contribution >= 0.6 is 0 Å². The van der Waals surface area contributed by atoms with Crippen LogP contribution in [0.3, 0.4) is 0 Å². The molecule has 0 aromatic heterocycles. The molecule has 1 amide bonds. The van der Waals surface area contributed by atoms with Gasteiger partial charge in [0.1, 0.15) is 0 Å². The van der Waals surface area contributed by atoms with Crippen molar-refractivity contribution in [3.05, 3.63) is 0 Å². The summed E-state index contributed by atoms with van der Waals surface area (Å²) in [5, 5.41) is 7.78. The maximum Gasteiger partial charge on any atom is 0.441 e. The quantitative estimate of drug-likeness (QED) is 0.366. The van der Waals surface area contributed by atoms with E-state index >= 15 is 0 Å². The molecular formula is C4H7NO3. The molecule has 0 bridgehead atoms. The van der Waals surface area contributed by atoms with Crippen molar-refractivity contribution in [2.45, 2.75) is 6.42 Å². The summed E-state index contributed by atoms with van der Waals surface area (Å²) in [5.74, 6) is 0. The Morgan fingerprint density at radius 2 is 2.25 bits per heavy atom. The summed E-state index contributed by atoms with van der Waals surface area (Å²) < 4.78 is 0. The number of likely N-dealkylation sites (tertiary alicyclic amines) is 1. The maximum atomic E-state index is 10.2. The predicted octanol–water partition coefficient (Wildman–Crippen LogP) is 0.302. The summed E-state index contributed by atoms with van der Waals surface area (Å²) in [7, 11) is 0. The Hall–Kier alpha value is -0.770. The van der Waals surface area contributed by atoms with Crippen molar-refractivity contribution < 1.29 is 14.9 Å². The summed E-state index contributed by atoms with van der Waals surface area (Å²) in [6, 6.07) is 0. The van der Waals surface area contributed by atoms with Crippen LogP contribution in [0, 0.1) is 0 Å². The lowest BCUT2D eigenvalue weighted by atomic mass is 10.2. The standard InChI is InChI=1S/C4H7NO3/c6-4(8-7)5-2-1-3-5/h7H,1-3H2. The minimum absolute atomic E-state index is 0.642. The van der Waals surface area contributed by atoms with E-state index in [-0.39, 0.29) is 0 Å². The molecule has 4 heteroatoms.